The van der Waals surface area contributed by atoms with Crippen molar-refractivity contribution in [3.63, 3.8) is 0 Å². The summed E-state index contributed by atoms with van der Waals surface area (Å²) in [4.78, 5) is 6.78. The molecule has 1 saturated heterocycles. The van der Waals surface area contributed by atoms with E-state index in [1.165, 1.54) is 24.8 Å². The van der Waals surface area contributed by atoms with Crippen LogP contribution in [0, 0.1) is 0 Å². The lowest BCUT2D eigenvalue weighted by Gasteiger charge is -2.30. The van der Waals surface area contributed by atoms with Gasteiger partial charge in [-0.25, -0.2) is 4.98 Å². The fourth-order valence-electron chi connectivity index (χ4n) is 2.70. The molecule has 1 aliphatic rings. The maximum Gasteiger partial charge on any atom is 0.129 e. The molecule has 4 heteroatoms. The Hall–Kier alpha value is -1.13. The molecule has 1 aromatic heterocycles. The van der Waals surface area contributed by atoms with E-state index in [1.54, 1.807) is 0 Å². The standard InChI is InChI=1S/C15H25N3O/c1-12(16-2)13-7-8-17-15(10-13)18-9-5-3-4-6-14(18)11-19/h7-8,10,12,14,16,19H,3-6,9,11H2,1-2H3. The van der Waals surface area contributed by atoms with E-state index in [0.717, 1.165) is 18.8 Å². The highest BCUT2D eigenvalue weighted by molar-refractivity contribution is 5.43. The molecule has 106 valence electrons. The number of anilines is 1. The van der Waals surface area contributed by atoms with Crippen molar-refractivity contribution in [3.8, 4) is 0 Å². The van der Waals surface area contributed by atoms with Crippen molar-refractivity contribution < 1.29 is 5.11 Å². The second-order valence-corrected chi connectivity index (χ2v) is 5.34. The van der Waals surface area contributed by atoms with Crippen LogP contribution in [0.2, 0.25) is 0 Å². The van der Waals surface area contributed by atoms with Gasteiger partial charge in [0.1, 0.15) is 5.82 Å². The van der Waals surface area contributed by atoms with Crippen molar-refractivity contribution in [2.45, 2.75) is 44.7 Å². The first-order valence-corrected chi connectivity index (χ1v) is 7.27. The lowest BCUT2D eigenvalue weighted by Crippen LogP contribution is -2.38. The van der Waals surface area contributed by atoms with E-state index in [0.29, 0.717) is 6.04 Å². The maximum absolute atomic E-state index is 9.59. The average Bonchev–Trinajstić information content (AvgIpc) is 2.71. The van der Waals surface area contributed by atoms with Crippen molar-refractivity contribution in [3.05, 3.63) is 23.9 Å². The molecule has 4 nitrogen and oxygen atoms in total. The van der Waals surface area contributed by atoms with Gasteiger partial charge in [-0.15, -0.1) is 0 Å². The normalized spacial score (nSPS) is 22.1. The largest absolute Gasteiger partial charge is 0.394 e. The number of rotatable bonds is 4. The number of nitrogens with one attached hydrogen (secondary N) is 1. The molecule has 0 radical (unpaired) electrons. The minimum atomic E-state index is 0.216. The molecule has 0 aromatic carbocycles. The Morgan fingerprint density at radius 3 is 3.05 bits per heavy atom. The number of nitrogens with zero attached hydrogens (tertiary/aromatic N) is 2. The Bertz CT molecular complexity index is 397. The molecule has 2 atom stereocenters. The van der Waals surface area contributed by atoms with Crippen LogP contribution < -0.4 is 10.2 Å². The van der Waals surface area contributed by atoms with Gasteiger partial charge in [0.05, 0.1) is 12.6 Å². The lowest BCUT2D eigenvalue weighted by molar-refractivity contribution is 0.254. The Morgan fingerprint density at radius 1 is 1.47 bits per heavy atom. The second-order valence-electron chi connectivity index (χ2n) is 5.34. The Morgan fingerprint density at radius 2 is 2.32 bits per heavy atom. The number of aromatic nitrogens is 1. The highest BCUT2D eigenvalue weighted by atomic mass is 16.3. The number of hydrogen-bond acceptors (Lipinski definition) is 4. The van der Waals surface area contributed by atoms with Crippen LogP contribution in [0.5, 0.6) is 0 Å². The molecule has 2 heterocycles. The summed E-state index contributed by atoms with van der Waals surface area (Å²) in [5.41, 5.74) is 1.24. The molecule has 2 rings (SSSR count). The van der Waals surface area contributed by atoms with Gasteiger partial charge in [0.25, 0.3) is 0 Å². The molecule has 19 heavy (non-hydrogen) atoms. The average molecular weight is 263 g/mol. The minimum Gasteiger partial charge on any atom is -0.394 e. The summed E-state index contributed by atoms with van der Waals surface area (Å²) < 4.78 is 0. The van der Waals surface area contributed by atoms with Crippen LogP contribution in [-0.4, -0.2) is 36.3 Å². The molecule has 0 amide bonds. The van der Waals surface area contributed by atoms with E-state index < -0.39 is 0 Å². The molecule has 0 spiro atoms. The number of aliphatic hydroxyl groups is 1. The molecule has 0 aliphatic carbocycles. The van der Waals surface area contributed by atoms with Crippen molar-refractivity contribution in [1.29, 1.82) is 0 Å². The fourth-order valence-corrected chi connectivity index (χ4v) is 2.70. The van der Waals surface area contributed by atoms with E-state index in [4.69, 9.17) is 0 Å². The van der Waals surface area contributed by atoms with Crippen LogP contribution in [0.1, 0.15) is 44.2 Å². The van der Waals surface area contributed by atoms with Crippen molar-refractivity contribution in [2.75, 3.05) is 25.1 Å². The van der Waals surface area contributed by atoms with Gasteiger partial charge in [-0.1, -0.05) is 12.8 Å². The van der Waals surface area contributed by atoms with Crippen LogP contribution >= 0.6 is 0 Å². The Labute approximate surface area is 115 Å². The third-order valence-corrected chi connectivity index (χ3v) is 4.08. The van der Waals surface area contributed by atoms with Gasteiger partial charge < -0.3 is 15.3 Å². The zero-order valence-corrected chi connectivity index (χ0v) is 12.0. The maximum atomic E-state index is 9.59. The van der Waals surface area contributed by atoms with Crippen LogP contribution in [-0.2, 0) is 0 Å². The number of aliphatic hydroxyl groups excluding tert-OH is 1. The van der Waals surface area contributed by atoms with Crippen molar-refractivity contribution in [1.82, 2.24) is 10.3 Å². The summed E-state index contributed by atoms with van der Waals surface area (Å²) in [5, 5.41) is 12.8. The van der Waals surface area contributed by atoms with Gasteiger partial charge in [-0.3, -0.25) is 0 Å². The van der Waals surface area contributed by atoms with Gasteiger partial charge in [0.15, 0.2) is 0 Å². The first-order valence-electron chi connectivity index (χ1n) is 7.27. The summed E-state index contributed by atoms with van der Waals surface area (Å²) in [6, 6.07) is 4.74. The lowest BCUT2D eigenvalue weighted by atomic mass is 10.1. The zero-order valence-electron chi connectivity index (χ0n) is 12.0. The predicted molar refractivity (Wildman–Crippen MR) is 78.4 cm³/mol. The van der Waals surface area contributed by atoms with E-state index in [2.05, 4.69) is 34.3 Å². The summed E-state index contributed by atoms with van der Waals surface area (Å²) in [6.07, 6.45) is 6.57. The molecule has 1 aliphatic heterocycles. The highest BCUT2D eigenvalue weighted by Crippen LogP contribution is 2.24. The summed E-state index contributed by atoms with van der Waals surface area (Å²) in [5.74, 6) is 1.00. The van der Waals surface area contributed by atoms with E-state index in [9.17, 15) is 5.11 Å². The van der Waals surface area contributed by atoms with Crippen LogP contribution in [0.25, 0.3) is 0 Å². The van der Waals surface area contributed by atoms with Gasteiger partial charge in [-0.2, -0.15) is 0 Å². The summed E-state index contributed by atoms with van der Waals surface area (Å²) >= 11 is 0. The first-order chi connectivity index (χ1) is 9.26. The van der Waals surface area contributed by atoms with Crippen LogP contribution in [0.4, 0.5) is 5.82 Å². The van der Waals surface area contributed by atoms with Gasteiger partial charge in [0, 0.05) is 18.8 Å². The fraction of sp³-hybridized carbons (Fsp3) is 0.667. The first kappa shape index (κ1) is 14.3. The summed E-state index contributed by atoms with van der Waals surface area (Å²) in [6.45, 7) is 3.36. The predicted octanol–water partition coefficient (Wildman–Crippen LogP) is 2.10. The third kappa shape index (κ3) is 3.45. The van der Waals surface area contributed by atoms with Gasteiger partial charge in [-0.05, 0) is 44.5 Å². The summed E-state index contributed by atoms with van der Waals surface area (Å²) in [7, 11) is 1.97. The minimum absolute atomic E-state index is 0.216. The van der Waals surface area contributed by atoms with Crippen LogP contribution in [0.15, 0.2) is 18.3 Å². The zero-order chi connectivity index (χ0) is 13.7. The van der Waals surface area contributed by atoms with Gasteiger partial charge >= 0.3 is 0 Å². The Kier molecular flexibility index (Phi) is 5.16. The molecule has 0 saturated carbocycles. The molecule has 0 bridgehead atoms. The molecule has 2 unspecified atom stereocenters. The molecule has 1 aromatic rings. The third-order valence-electron chi connectivity index (χ3n) is 4.08. The molecule has 1 fully saturated rings. The van der Waals surface area contributed by atoms with Crippen molar-refractivity contribution >= 4 is 5.82 Å². The van der Waals surface area contributed by atoms with Crippen molar-refractivity contribution in [2.24, 2.45) is 0 Å². The van der Waals surface area contributed by atoms with Gasteiger partial charge in [0.2, 0.25) is 0 Å². The number of pyridine rings is 1. The SMILES string of the molecule is CNC(C)c1ccnc(N2CCCCCC2CO)c1. The number of hydrogen-bond donors (Lipinski definition) is 2. The van der Waals surface area contributed by atoms with E-state index >= 15 is 0 Å². The smallest absolute Gasteiger partial charge is 0.129 e. The quantitative estimate of drug-likeness (QED) is 0.873. The second kappa shape index (κ2) is 6.87. The monoisotopic (exact) mass is 263 g/mol. The molecular weight excluding hydrogens is 238 g/mol. The van der Waals surface area contributed by atoms with Crippen LogP contribution in [0.3, 0.4) is 0 Å². The molecular formula is C15H25N3O. The highest BCUT2D eigenvalue weighted by Gasteiger charge is 2.21. The van der Waals surface area contributed by atoms with E-state index in [1.807, 2.05) is 13.2 Å². The Balaban J connectivity index is 2.23. The molecule has 2 N–H and O–H groups in total. The van der Waals surface area contributed by atoms with E-state index in [-0.39, 0.29) is 12.6 Å². The topological polar surface area (TPSA) is 48.4 Å².